The molecule has 1 N–H and O–H groups in total. The maximum absolute atomic E-state index is 12.0. The van der Waals surface area contributed by atoms with E-state index in [9.17, 15) is 4.79 Å². The highest BCUT2D eigenvalue weighted by atomic mass is 35.5. The molecule has 0 bridgehead atoms. The van der Waals surface area contributed by atoms with E-state index in [1.54, 1.807) is 25.3 Å². The predicted octanol–water partition coefficient (Wildman–Crippen LogP) is 4.13. The Morgan fingerprint density at radius 3 is 2.84 bits per heavy atom. The summed E-state index contributed by atoms with van der Waals surface area (Å²) in [6, 6.07) is 3.53. The number of halogens is 2. The number of carbonyl (C=O) groups excluding carboxylic acids is 1. The van der Waals surface area contributed by atoms with Crippen LogP contribution in [-0.4, -0.2) is 19.6 Å². The summed E-state index contributed by atoms with van der Waals surface area (Å²) >= 11 is 13.7. The SMILES string of the molecule is C=CCNC(=O)c1sc2c(Cl)c(OC)ccc2c1Cl. The number of ether oxygens (including phenoxy) is 1. The molecule has 0 radical (unpaired) electrons. The lowest BCUT2D eigenvalue weighted by molar-refractivity contribution is 0.0962. The average molecular weight is 316 g/mol. The molecule has 0 saturated heterocycles. The number of methoxy groups -OCH3 is 1. The van der Waals surface area contributed by atoms with Crippen LogP contribution in [0.4, 0.5) is 0 Å². The molecule has 0 unspecified atom stereocenters. The molecule has 2 rings (SSSR count). The van der Waals surface area contributed by atoms with Gasteiger partial charge < -0.3 is 10.1 Å². The van der Waals surface area contributed by atoms with Crippen molar-refractivity contribution in [3.8, 4) is 5.75 Å². The maximum Gasteiger partial charge on any atom is 0.263 e. The van der Waals surface area contributed by atoms with Gasteiger partial charge in [-0.05, 0) is 12.1 Å². The Hall–Kier alpha value is -1.23. The third kappa shape index (κ3) is 2.56. The summed E-state index contributed by atoms with van der Waals surface area (Å²) in [4.78, 5) is 12.4. The first-order chi connectivity index (χ1) is 9.10. The summed E-state index contributed by atoms with van der Waals surface area (Å²) in [6.07, 6.45) is 1.61. The number of rotatable bonds is 4. The van der Waals surface area contributed by atoms with Crippen molar-refractivity contribution >= 4 is 50.5 Å². The highest BCUT2D eigenvalue weighted by molar-refractivity contribution is 7.22. The Kier molecular flexibility index (Phi) is 4.34. The number of carbonyl (C=O) groups is 1. The van der Waals surface area contributed by atoms with Crippen molar-refractivity contribution in [3.05, 3.63) is 39.7 Å². The van der Waals surface area contributed by atoms with E-state index in [4.69, 9.17) is 27.9 Å². The Balaban J connectivity index is 2.53. The zero-order valence-corrected chi connectivity index (χ0v) is 12.5. The van der Waals surface area contributed by atoms with Crippen LogP contribution in [0.2, 0.25) is 10.0 Å². The summed E-state index contributed by atoms with van der Waals surface area (Å²) in [5.74, 6) is 0.325. The minimum absolute atomic E-state index is 0.235. The van der Waals surface area contributed by atoms with E-state index in [1.807, 2.05) is 0 Å². The van der Waals surface area contributed by atoms with Gasteiger partial charge in [0.15, 0.2) is 0 Å². The lowest BCUT2D eigenvalue weighted by Crippen LogP contribution is -2.22. The van der Waals surface area contributed by atoms with Crippen molar-refractivity contribution in [2.24, 2.45) is 0 Å². The van der Waals surface area contributed by atoms with Crippen LogP contribution in [0.3, 0.4) is 0 Å². The van der Waals surface area contributed by atoms with E-state index in [-0.39, 0.29) is 5.91 Å². The zero-order chi connectivity index (χ0) is 14.0. The van der Waals surface area contributed by atoms with Crippen LogP contribution in [0, 0.1) is 0 Å². The maximum atomic E-state index is 12.0. The van der Waals surface area contributed by atoms with Crippen LogP contribution >= 0.6 is 34.5 Å². The Bertz CT molecular complexity index is 652. The number of hydrogen-bond donors (Lipinski definition) is 1. The monoisotopic (exact) mass is 315 g/mol. The number of hydrogen-bond acceptors (Lipinski definition) is 3. The van der Waals surface area contributed by atoms with Crippen LogP contribution in [0.25, 0.3) is 10.1 Å². The van der Waals surface area contributed by atoms with Crippen LogP contribution in [0.5, 0.6) is 5.75 Å². The van der Waals surface area contributed by atoms with Crippen molar-refractivity contribution in [1.29, 1.82) is 0 Å². The standard InChI is InChI=1S/C13H11Cl2NO2S/c1-3-6-16-13(17)12-9(14)7-4-5-8(18-2)10(15)11(7)19-12/h3-5H,1,6H2,2H3,(H,16,17). The van der Waals surface area contributed by atoms with E-state index in [0.29, 0.717) is 27.2 Å². The third-order valence-electron chi connectivity index (χ3n) is 2.53. The number of amides is 1. The fraction of sp³-hybridized carbons (Fsp3) is 0.154. The molecule has 0 atom stereocenters. The number of thiophene rings is 1. The fourth-order valence-electron chi connectivity index (χ4n) is 1.63. The number of fused-ring (bicyclic) bond motifs is 1. The van der Waals surface area contributed by atoms with Crippen LogP contribution < -0.4 is 10.1 Å². The summed E-state index contributed by atoms with van der Waals surface area (Å²) in [7, 11) is 1.54. The predicted molar refractivity (Wildman–Crippen MR) is 80.9 cm³/mol. The molecule has 1 aromatic carbocycles. The lowest BCUT2D eigenvalue weighted by atomic mass is 10.2. The van der Waals surface area contributed by atoms with E-state index in [2.05, 4.69) is 11.9 Å². The van der Waals surface area contributed by atoms with Gasteiger partial charge >= 0.3 is 0 Å². The smallest absolute Gasteiger partial charge is 0.263 e. The summed E-state index contributed by atoms with van der Waals surface area (Å²) in [6.45, 7) is 3.94. The molecule has 2 aromatic rings. The molecule has 0 saturated carbocycles. The van der Waals surface area contributed by atoms with Crippen LogP contribution in [0.15, 0.2) is 24.8 Å². The molecule has 100 valence electrons. The van der Waals surface area contributed by atoms with Crippen molar-refractivity contribution in [2.75, 3.05) is 13.7 Å². The van der Waals surface area contributed by atoms with Gasteiger partial charge in [0.25, 0.3) is 5.91 Å². The van der Waals surface area contributed by atoms with Gasteiger partial charge in [-0.3, -0.25) is 4.79 Å². The minimum atomic E-state index is -0.235. The Morgan fingerprint density at radius 1 is 1.47 bits per heavy atom. The molecule has 0 aliphatic carbocycles. The largest absolute Gasteiger partial charge is 0.495 e. The first-order valence-electron chi connectivity index (χ1n) is 5.43. The third-order valence-corrected chi connectivity index (χ3v) is 4.75. The molecular formula is C13H11Cl2NO2S. The first kappa shape index (κ1) is 14.2. The van der Waals surface area contributed by atoms with E-state index < -0.39 is 0 Å². The molecule has 0 fully saturated rings. The summed E-state index contributed by atoms with van der Waals surface area (Å²) in [5, 5.41) is 4.32. The lowest BCUT2D eigenvalue weighted by Gasteiger charge is -2.02. The average Bonchev–Trinajstić information content (AvgIpc) is 2.75. The van der Waals surface area contributed by atoms with Gasteiger partial charge in [0.05, 0.1) is 16.8 Å². The van der Waals surface area contributed by atoms with Crippen molar-refractivity contribution in [2.45, 2.75) is 0 Å². The first-order valence-corrected chi connectivity index (χ1v) is 7.01. The van der Waals surface area contributed by atoms with Gasteiger partial charge in [0, 0.05) is 11.9 Å². The summed E-state index contributed by atoms with van der Waals surface area (Å²) < 4.78 is 5.89. The number of nitrogens with one attached hydrogen (secondary N) is 1. The van der Waals surface area contributed by atoms with E-state index >= 15 is 0 Å². The van der Waals surface area contributed by atoms with Gasteiger partial charge in [-0.15, -0.1) is 17.9 Å². The molecule has 0 aliphatic heterocycles. The second kappa shape index (κ2) is 5.82. The quantitative estimate of drug-likeness (QED) is 0.861. The van der Waals surface area contributed by atoms with Gasteiger partial charge in [-0.25, -0.2) is 0 Å². The van der Waals surface area contributed by atoms with Crippen LogP contribution in [0.1, 0.15) is 9.67 Å². The van der Waals surface area contributed by atoms with Crippen molar-refractivity contribution < 1.29 is 9.53 Å². The second-order valence-corrected chi connectivity index (χ2v) is 5.48. The number of benzene rings is 1. The normalized spacial score (nSPS) is 10.5. The van der Waals surface area contributed by atoms with E-state index in [0.717, 1.165) is 10.1 Å². The fourth-order valence-corrected chi connectivity index (χ4v) is 3.44. The molecule has 1 aromatic heterocycles. The Labute approximate surface area is 124 Å². The minimum Gasteiger partial charge on any atom is -0.495 e. The van der Waals surface area contributed by atoms with Gasteiger partial charge in [-0.2, -0.15) is 0 Å². The van der Waals surface area contributed by atoms with Gasteiger partial charge in [-0.1, -0.05) is 29.3 Å². The molecule has 0 spiro atoms. The molecule has 3 nitrogen and oxygen atoms in total. The Morgan fingerprint density at radius 2 is 2.21 bits per heavy atom. The molecule has 1 heterocycles. The zero-order valence-electron chi connectivity index (χ0n) is 10.1. The molecule has 6 heteroatoms. The van der Waals surface area contributed by atoms with Crippen LogP contribution in [-0.2, 0) is 0 Å². The molecule has 1 amide bonds. The summed E-state index contributed by atoms with van der Waals surface area (Å²) in [5.41, 5.74) is 0. The van der Waals surface area contributed by atoms with Gasteiger partial charge in [0.2, 0.25) is 0 Å². The topological polar surface area (TPSA) is 38.3 Å². The van der Waals surface area contributed by atoms with Gasteiger partial charge in [0.1, 0.15) is 15.6 Å². The van der Waals surface area contributed by atoms with E-state index in [1.165, 1.54) is 11.3 Å². The molecular weight excluding hydrogens is 305 g/mol. The molecule has 19 heavy (non-hydrogen) atoms. The molecule has 0 aliphatic rings. The second-order valence-electron chi connectivity index (χ2n) is 3.70. The van der Waals surface area contributed by atoms with Crippen molar-refractivity contribution in [3.63, 3.8) is 0 Å². The highest BCUT2D eigenvalue weighted by Gasteiger charge is 2.19. The highest BCUT2D eigenvalue weighted by Crippen LogP contribution is 2.42. The van der Waals surface area contributed by atoms with Crippen molar-refractivity contribution in [1.82, 2.24) is 5.32 Å².